The first-order valence-electron chi connectivity index (χ1n) is 8.49. The number of amides is 1. The van der Waals surface area contributed by atoms with Gasteiger partial charge in [0, 0.05) is 11.1 Å². The molecule has 0 fully saturated rings. The monoisotopic (exact) mass is 377 g/mol. The van der Waals surface area contributed by atoms with Gasteiger partial charge in [0.25, 0.3) is 5.91 Å². The molecule has 0 heterocycles. The largest absolute Gasteiger partial charge is 0.506 e. The minimum Gasteiger partial charge on any atom is -0.506 e. The third-order valence-corrected chi connectivity index (χ3v) is 4.21. The Balaban J connectivity index is 1.82. The van der Waals surface area contributed by atoms with Gasteiger partial charge in [0.1, 0.15) is 17.2 Å². The lowest BCUT2D eigenvalue weighted by Gasteiger charge is -2.10. The highest BCUT2D eigenvalue weighted by Gasteiger charge is 2.17. The fourth-order valence-corrected chi connectivity index (χ4v) is 2.69. The lowest BCUT2D eigenvalue weighted by atomic mass is 10.0. The third-order valence-electron chi connectivity index (χ3n) is 4.21. The molecule has 0 radical (unpaired) electrons. The normalized spacial score (nSPS) is 10.2. The standard InChI is InChI=1S/C22H19NO5/c1-27-16-11-12-20(28-2)17(13-16)21(25)14-7-9-15(10-8-14)22(26)23-18-5-3-4-6-19(18)24/h3-13,24H,1-2H3,(H,23,26). The molecular weight excluding hydrogens is 358 g/mol. The number of rotatable bonds is 6. The molecule has 2 N–H and O–H groups in total. The zero-order chi connectivity index (χ0) is 20.1. The summed E-state index contributed by atoms with van der Waals surface area (Å²) in [6.45, 7) is 0. The number of anilines is 1. The number of ketones is 1. The summed E-state index contributed by atoms with van der Waals surface area (Å²) in [4.78, 5) is 25.2. The summed E-state index contributed by atoms with van der Waals surface area (Å²) < 4.78 is 10.4. The number of para-hydroxylation sites is 2. The average Bonchev–Trinajstić information content (AvgIpc) is 2.74. The predicted molar refractivity (Wildman–Crippen MR) is 105 cm³/mol. The first-order chi connectivity index (χ1) is 13.5. The van der Waals surface area contributed by atoms with Crippen molar-refractivity contribution < 1.29 is 24.2 Å². The van der Waals surface area contributed by atoms with Gasteiger partial charge in [0.15, 0.2) is 5.78 Å². The van der Waals surface area contributed by atoms with E-state index in [4.69, 9.17) is 9.47 Å². The molecule has 28 heavy (non-hydrogen) atoms. The first kappa shape index (κ1) is 19.0. The van der Waals surface area contributed by atoms with Gasteiger partial charge in [-0.05, 0) is 42.5 Å². The molecule has 3 aromatic carbocycles. The number of phenols is 1. The van der Waals surface area contributed by atoms with Gasteiger partial charge in [-0.2, -0.15) is 0 Å². The first-order valence-corrected chi connectivity index (χ1v) is 8.49. The summed E-state index contributed by atoms with van der Waals surface area (Å²) in [5.41, 5.74) is 1.45. The Bertz CT molecular complexity index is 1010. The summed E-state index contributed by atoms with van der Waals surface area (Å²) in [5, 5.41) is 12.4. The smallest absolute Gasteiger partial charge is 0.255 e. The van der Waals surface area contributed by atoms with E-state index in [1.807, 2.05) is 0 Å². The van der Waals surface area contributed by atoms with Gasteiger partial charge in [0.05, 0.1) is 25.5 Å². The molecule has 0 unspecified atom stereocenters. The zero-order valence-electron chi connectivity index (χ0n) is 15.4. The van der Waals surface area contributed by atoms with Gasteiger partial charge in [-0.15, -0.1) is 0 Å². The molecule has 0 aromatic heterocycles. The predicted octanol–water partition coefficient (Wildman–Crippen LogP) is 3.89. The van der Waals surface area contributed by atoms with Crippen LogP contribution in [0.5, 0.6) is 17.2 Å². The minimum atomic E-state index is -0.389. The number of benzene rings is 3. The zero-order valence-corrected chi connectivity index (χ0v) is 15.4. The maximum Gasteiger partial charge on any atom is 0.255 e. The van der Waals surface area contributed by atoms with E-state index in [0.717, 1.165) is 0 Å². The summed E-state index contributed by atoms with van der Waals surface area (Å²) in [7, 11) is 3.01. The second kappa shape index (κ2) is 8.26. The average molecular weight is 377 g/mol. The molecule has 1 amide bonds. The van der Waals surface area contributed by atoms with Crippen LogP contribution in [0.3, 0.4) is 0 Å². The number of hydrogen-bond donors (Lipinski definition) is 2. The number of carbonyl (C=O) groups excluding carboxylic acids is 2. The molecule has 6 nitrogen and oxygen atoms in total. The second-order valence-electron chi connectivity index (χ2n) is 5.94. The highest BCUT2D eigenvalue weighted by atomic mass is 16.5. The van der Waals surface area contributed by atoms with Crippen molar-refractivity contribution in [2.45, 2.75) is 0 Å². The molecule has 0 saturated carbocycles. The van der Waals surface area contributed by atoms with E-state index in [0.29, 0.717) is 33.9 Å². The maximum absolute atomic E-state index is 12.8. The van der Waals surface area contributed by atoms with E-state index in [1.165, 1.54) is 20.3 Å². The summed E-state index contributed by atoms with van der Waals surface area (Å²) in [6, 6.07) is 17.7. The molecule has 0 atom stereocenters. The highest BCUT2D eigenvalue weighted by Crippen LogP contribution is 2.27. The van der Waals surface area contributed by atoms with Crippen LogP contribution in [0.2, 0.25) is 0 Å². The molecule has 3 rings (SSSR count). The van der Waals surface area contributed by atoms with Gasteiger partial charge >= 0.3 is 0 Å². The fourth-order valence-electron chi connectivity index (χ4n) is 2.69. The fraction of sp³-hybridized carbons (Fsp3) is 0.0909. The topological polar surface area (TPSA) is 84.9 Å². The number of phenolic OH excluding ortho intramolecular Hbond substituents is 1. The third kappa shape index (κ3) is 3.96. The Hall–Kier alpha value is -3.80. The van der Waals surface area contributed by atoms with E-state index in [1.54, 1.807) is 60.7 Å². The lowest BCUT2D eigenvalue weighted by Crippen LogP contribution is -2.12. The van der Waals surface area contributed by atoms with Crippen molar-refractivity contribution in [3.8, 4) is 17.2 Å². The summed E-state index contributed by atoms with van der Waals surface area (Å²) in [6.07, 6.45) is 0. The molecular formula is C22H19NO5. The molecule has 0 saturated heterocycles. The Morgan fingerprint density at radius 2 is 1.54 bits per heavy atom. The molecule has 0 aliphatic heterocycles. The van der Waals surface area contributed by atoms with E-state index in [9.17, 15) is 14.7 Å². The Morgan fingerprint density at radius 1 is 0.857 bits per heavy atom. The van der Waals surface area contributed by atoms with Crippen molar-refractivity contribution in [2.75, 3.05) is 19.5 Å². The van der Waals surface area contributed by atoms with Crippen LogP contribution in [-0.2, 0) is 0 Å². The van der Waals surface area contributed by atoms with Crippen LogP contribution in [0.4, 0.5) is 5.69 Å². The van der Waals surface area contributed by atoms with E-state index < -0.39 is 0 Å². The van der Waals surface area contributed by atoms with Crippen molar-refractivity contribution >= 4 is 17.4 Å². The van der Waals surface area contributed by atoms with Crippen molar-refractivity contribution in [3.05, 3.63) is 83.4 Å². The number of aromatic hydroxyl groups is 1. The van der Waals surface area contributed by atoms with Crippen molar-refractivity contribution in [3.63, 3.8) is 0 Å². The van der Waals surface area contributed by atoms with E-state index in [-0.39, 0.29) is 17.4 Å². The van der Waals surface area contributed by atoms with Gasteiger partial charge in [-0.3, -0.25) is 9.59 Å². The number of carbonyl (C=O) groups is 2. The highest BCUT2D eigenvalue weighted by molar-refractivity contribution is 6.12. The molecule has 0 aliphatic carbocycles. The van der Waals surface area contributed by atoms with Gasteiger partial charge in [-0.1, -0.05) is 24.3 Å². The van der Waals surface area contributed by atoms with Crippen molar-refractivity contribution in [2.24, 2.45) is 0 Å². The minimum absolute atomic E-state index is 0.0206. The van der Waals surface area contributed by atoms with Crippen LogP contribution < -0.4 is 14.8 Å². The van der Waals surface area contributed by atoms with Gasteiger partial charge < -0.3 is 19.9 Å². The SMILES string of the molecule is COc1ccc(OC)c(C(=O)c2ccc(C(=O)Nc3ccccc3O)cc2)c1. The summed E-state index contributed by atoms with van der Waals surface area (Å²) in [5.74, 6) is 0.325. The Morgan fingerprint density at radius 3 is 2.18 bits per heavy atom. The van der Waals surface area contributed by atoms with Crippen LogP contribution >= 0.6 is 0 Å². The van der Waals surface area contributed by atoms with Crippen LogP contribution in [0, 0.1) is 0 Å². The molecule has 6 heteroatoms. The van der Waals surface area contributed by atoms with E-state index >= 15 is 0 Å². The quantitative estimate of drug-likeness (QED) is 0.503. The van der Waals surface area contributed by atoms with Gasteiger partial charge in [0.2, 0.25) is 0 Å². The number of hydrogen-bond acceptors (Lipinski definition) is 5. The second-order valence-corrected chi connectivity index (χ2v) is 5.94. The van der Waals surface area contributed by atoms with Crippen LogP contribution in [0.1, 0.15) is 26.3 Å². The number of nitrogens with one attached hydrogen (secondary N) is 1. The molecule has 3 aromatic rings. The summed E-state index contributed by atoms with van der Waals surface area (Å²) >= 11 is 0. The molecule has 0 spiro atoms. The van der Waals surface area contributed by atoms with Crippen molar-refractivity contribution in [1.29, 1.82) is 0 Å². The number of methoxy groups -OCH3 is 2. The Kier molecular flexibility index (Phi) is 5.60. The molecule has 0 bridgehead atoms. The van der Waals surface area contributed by atoms with Crippen LogP contribution in [-0.4, -0.2) is 31.0 Å². The van der Waals surface area contributed by atoms with Crippen LogP contribution in [0.25, 0.3) is 0 Å². The Labute approximate surface area is 162 Å². The van der Waals surface area contributed by atoms with Crippen LogP contribution in [0.15, 0.2) is 66.7 Å². The van der Waals surface area contributed by atoms with Crippen molar-refractivity contribution in [1.82, 2.24) is 0 Å². The lowest BCUT2D eigenvalue weighted by molar-refractivity contribution is 0.101. The maximum atomic E-state index is 12.8. The molecule has 142 valence electrons. The molecule has 0 aliphatic rings. The number of ether oxygens (including phenoxy) is 2. The van der Waals surface area contributed by atoms with E-state index in [2.05, 4.69) is 5.32 Å². The van der Waals surface area contributed by atoms with Gasteiger partial charge in [-0.25, -0.2) is 0 Å².